The van der Waals surface area contributed by atoms with Gasteiger partial charge in [0, 0.05) is 12.7 Å². The SMILES string of the molecule is CC/C=C\C[C@H]1[C@@H](CCCCCCCCO[Si](c2ccccc2)(c2ccccc2)C(C)(C)C)CC[C@H]1O[Si](CC)(CC)CC. The molecule has 4 heteroatoms. The Kier molecular flexibility index (Phi) is 15.7. The summed E-state index contributed by atoms with van der Waals surface area (Å²) in [4.78, 5) is 0. The van der Waals surface area contributed by atoms with Gasteiger partial charge >= 0.3 is 0 Å². The molecule has 0 heterocycles. The van der Waals surface area contributed by atoms with Crippen LogP contribution in [0.25, 0.3) is 0 Å². The second-order valence-corrected chi connectivity index (χ2v) is 23.5. The second kappa shape index (κ2) is 18.6. The van der Waals surface area contributed by atoms with Gasteiger partial charge < -0.3 is 8.85 Å². The summed E-state index contributed by atoms with van der Waals surface area (Å²) in [5.74, 6) is 1.58. The molecule has 3 atom stereocenters. The largest absolute Gasteiger partial charge is 0.414 e. The van der Waals surface area contributed by atoms with Crippen molar-refractivity contribution >= 4 is 27.0 Å². The van der Waals surface area contributed by atoms with Gasteiger partial charge in [0.25, 0.3) is 8.32 Å². The smallest absolute Gasteiger partial charge is 0.261 e. The number of hydrogen-bond donors (Lipinski definition) is 0. The van der Waals surface area contributed by atoms with Crippen LogP contribution in [0.4, 0.5) is 0 Å². The molecule has 0 N–H and O–H groups in total. The van der Waals surface area contributed by atoms with E-state index in [0.29, 0.717) is 6.10 Å². The highest BCUT2D eigenvalue weighted by Gasteiger charge is 2.50. The molecule has 0 spiro atoms. The first-order valence-corrected chi connectivity index (χ1v) is 22.8. The lowest BCUT2D eigenvalue weighted by atomic mass is 9.87. The van der Waals surface area contributed by atoms with Crippen molar-refractivity contribution in [3.05, 3.63) is 72.8 Å². The average Bonchev–Trinajstić information content (AvgIpc) is 3.41. The molecule has 0 radical (unpaired) electrons. The number of hydrogen-bond acceptors (Lipinski definition) is 2. The number of allylic oxidation sites excluding steroid dienone is 2. The van der Waals surface area contributed by atoms with Gasteiger partial charge in [-0.05, 0) is 77.5 Å². The molecular formula is C40H66O2Si2. The van der Waals surface area contributed by atoms with Crippen molar-refractivity contribution in [2.75, 3.05) is 6.61 Å². The summed E-state index contributed by atoms with van der Waals surface area (Å²) in [6.45, 7) is 17.3. The maximum Gasteiger partial charge on any atom is 0.261 e. The predicted molar refractivity (Wildman–Crippen MR) is 198 cm³/mol. The zero-order valence-corrected chi connectivity index (χ0v) is 31.6. The van der Waals surface area contributed by atoms with Crippen LogP contribution in [0, 0.1) is 11.8 Å². The monoisotopic (exact) mass is 634 g/mol. The summed E-state index contributed by atoms with van der Waals surface area (Å²) >= 11 is 0. The van der Waals surface area contributed by atoms with Crippen LogP contribution in [0.15, 0.2) is 72.8 Å². The molecule has 1 aliphatic rings. The highest BCUT2D eigenvalue weighted by molar-refractivity contribution is 6.99. The van der Waals surface area contributed by atoms with Gasteiger partial charge in [0.1, 0.15) is 0 Å². The Labute approximate surface area is 274 Å². The van der Waals surface area contributed by atoms with Crippen LogP contribution in [0.2, 0.25) is 23.2 Å². The van der Waals surface area contributed by atoms with Crippen LogP contribution in [0.3, 0.4) is 0 Å². The van der Waals surface area contributed by atoms with Gasteiger partial charge in [-0.1, -0.05) is 160 Å². The van der Waals surface area contributed by atoms with Crippen LogP contribution in [0.5, 0.6) is 0 Å². The number of unbranched alkanes of at least 4 members (excludes halogenated alkanes) is 5. The van der Waals surface area contributed by atoms with Crippen molar-refractivity contribution in [2.24, 2.45) is 11.8 Å². The quantitative estimate of drug-likeness (QED) is 0.0819. The topological polar surface area (TPSA) is 18.5 Å². The molecule has 0 unspecified atom stereocenters. The molecule has 0 bridgehead atoms. The minimum atomic E-state index is -2.41. The summed E-state index contributed by atoms with van der Waals surface area (Å²) in [5.41, 5.74) is 0. The molecule has 2 aromatic rings. The maximum absolute atomic E-state index is 7.11. The van der Waals surface area contributed by atoms with E-state index in [1.54, 1.807) is 0 Å². The van der Waals surface area contributed by atoms with Crippen molar-refractivity contribution in [1.82, 2.24) is 0 Å². The van der Waals surface area contributed by atoms with Crippen LogP contribution < -0.4 is 10.4 Å². The maximum atomic E-state index is 7.11. The Hall–Kier alpha value is -1.47. The van der Waals surface area contributed by atoms with Crippen LogP contribution in [0.1, 0.15) is 119 Å². The van der Waals surface area contributed by atoms with Crippen molar-refractivity contribution < 1.29 is 8.85 Å². The molecule has 246 valence electrons. The third kappa shape index (κ3) is 9.77. The fraction of sp³-hybridized carbons (Fsp3) is 0.650. The summed E-state index contributed by atoms with van der Waals surface area (Å²) in [6, 6.07) is 25.9. The Bertz CT molecular complexity index is 1010. The minimum absolute atomic E-state index is 0.0531. The van der Waals surface area contributed by atoms with Gasteiger partial charge in [0.05, 0.1) is 0 Å². The third-order valence-corrected chi connectivity index (χ3v) is 20.5. The van der Waals surface area contributed by atoms with Gasteiger partial charge in [-0.25, -0.2) is 0 Å². The molecule has 0 amide bonds. The highest BCUT2D eigenvalue weighted by atomic mass is 28.4. The van der Waals surface area contributed by atoms with Gasteiger partial charge in [-0.2, -0.15) is 0 Å². The highest BCUT2D eigenvalue weighted by Crippen LogP contribution is 2.42. The van der Waals surface area contributed by atoms with Crippen molar-refractivity contribution in [2.45, 2.75) is 148 Å². The zero-order valence-electron chi connectivity index (χ0n) is 29.6. The molecule has 0 saturated heterocycles. The van der Waals surface area contributed by atoms with E-state index in [9.17, 15) is 0 Å². The molecular weight excluding hydrogens is 569 g/mol. The van der Waals surface area contributed by atoms with Crippen molar-refractivity contribution in [3.8, 4) is 0 Å². The average molecular weight is 635 g/mol. The first-order valence-electron chi connectivity index (χ1n) is 18.3. The number of rotatable bonds is 20. The molecule has 0 aliphatic heterocycles. The molecule has 1 fully saturated rings. The van der Waals surface area contributed by atoms with Gasteiger partial charge in [0.15, 0.2) is 8.32 Å². The van der Waals surface area contributed by atoms with E-state index in [1.165, 1.54) is 86.3 Å². The summed E-state index contributed by atoms with van der Waals surface area (Å²) in [6.07, 6.45) is 19.6. The molecule has 44 heavy (non-hydrogen) atoms. The molecule has 0 aromatic heterocycles. The lowest BCUT2D eigenvalue weighted by Gasteiger charge is -2.43. The Morgan fingerprint density at radius 3 is 1.77 bits per heavy atom. The van der Waals surface area contributed by atoms with Gasteiger partial charge in [-0.3, -0.25) is 0 Å². The molecule has 3 rings (SSSR count). The Balaban J connectivity index is 1.47. The lowest BCUT2D eigenvalue weighted by Crippen LogP contribution is -2.66. The van der Waals surface area contributed by atoms with Gasteiger partial charge in [-0.15, -0.1) is 0 Å². The predicted octanol–water partition coefficient (Wildman–Crippen LogP) is 11.1. The van der Waals surface area contributed by atoms with E-state index in [0.717, 1.165) is 31.3 Å². The number of benzene rings is 2. The summed E-state index contributed by atoms with van der Waals surface area (Å²) < 4.78 is 14.2. The fourth-order valence-electron chi connectivity index (χ4n) is 7.90. The van der Waals surface area contributed by atoms with E-state index in [1.807, 2.05) is 0 Å². The fourth-order valence-corrected chi connectivity index (χ4v) is 15.4. The first kappa shape index (κ1) is 37.0. The van der Waals surface area contributed by atoms with E-state index in [2.05, 4.69) is 121 Å². The van der Waals surface area contributed by atoms with Crippen LogP contribution >= 0.6 is 0 Å². The Morgan fingerprint density at radius 1 is 0.705 bits per heavy atom. The zero-order chi connectivity index (χ0) is 31.9. The molecule has 1 aliphatic carbocycles. The summed E-state index contributed by atoms with van der Waals surface area (Å²) in [5, 5.41) is 2.82. The van der Waals surface area contributed by atoms with Crippen LogP contribution in [-0.4, -0.2) is 29.3 Å². The lowest BCUT2D eigenvalue weighted by molar-refractivity contribution is 0.128. The van der Waals surface area contributed by atoms with Crippen molar-refractivity contribution in [3.63, 3.8) is 0 Å². The second-order valence-electron chi connectivity index (χ2n) is 14.4. The molecule has 2 aromatic carbocycles. The summed E-state index contributed by atoms with van der Waals surface area (Å²) in [7, 11) is -3.96. The van der Waals surface area contributed by atoms with Crippen molar-refractivity contribution in [1.29, 1.82) is 0 Å². The Morgan fingerprint density at radius 2 is 1.25 bits per heavy atom. The van der Waals surface area contributed by atoms with E-state index >= 15 is 0 Å². The van der Waals surface area contributed by atoms with E-state index < -0.39 is 16.6 Å². The first-order chi connectivity index (χ1) is 21.3. The molecule has 1 saturated carbocycles. The van der Waals surface area contributed by atoms with Gasteiger partial charge in [0.2, 0.25) is 0 Å². The van der Waals surface area contributed by atoms with E-state index in [-0.39, 0.29) is 5.04 Å². The standard InChI is InChI=1S/C40H66O2Si2/c1-8-12-19-31-38-35(32-33-39(38)42-43(9-2,10-3)11-4)26-20-15-13-14-16-25-34-41-44(40(5,6)7,36-27-21-17-22-28-36)37-29-23-18-24-30-37/h12,17-19,21-24,27-30,35,38-39H,8-11,13-16,20,25-26,31-34H2,1-7H3/b19-12-/t35-,38-,39+/m0/s1. The minimum Gasteiger partial charge on any atom is -0.414 e. The third-order valence-electron chi connectivity index (χ3n) is 10.8. The molecule has 2 nitrogen and oxygen atoms in total. The van der Waals surface area contributed by atoms with Crippen LogP contribution in [-0.2, 0) is 8.85 Å². The van der Waals surface area contributed by atoms with E-state index in [4.69, 9.17) is 8.85 Å². The normalized spacial score (nSPS) is 19.7.